The van der Waals surface area contributed by atoms with E-state index in [-0.39, 0.29) is 6.04 Å². The van der Waals surface area contributed by atoms with Crippen molar-refractivity contribution in [2.45, 2.75) is 37.6 Å². The summed E-state index contributed by atoms with van der Waals surface area (Å²) in [7, 11) is 0. The predicted octanol–water partition coefficient (Wildman–Crippen LogP) is 4.89. The Labute approximate surface area is 179 Å². The molecule has 0 N–H and O–H groups in total. The standard InChI is InChI=1S/C25H21N5O/c1-15-24-23(21-12-26-14-31-21)28-13-30(24)20-6-5-17(25-9-16(10-25)11-25)8-18(20)22(29-15)19-4-2-3-7-27-19/h2-8,12-16H,9-11H2,1H3/t15-,16?,25?/m1/s1. The Balaban J connectivity index is 1.48. The molecule has 152 valence electrons. The van der Waals surface area contributed by atoms with Gasteiger partial charge in [0.25, 0.3) is 0 Å². The van der Waals surface area contributed by atoms with Gasteiger partial charge in [-0.2, -0.15) is 0 Å². The van der Waals surface area contributed by atoms with Crippen molar-refractivity contribution >= 4 is 5.71 Å². The SMILES string of the molecule is C[C@H]1N=C(c2ccccn2)c2cc(C34CC(C3)C4)ccc2-n2cnc(-c3cnco3)c21. The molecule has 4 aliphatic rings. The van der Waals surface area contributed by atoms with Gasteiger partial charge in [0.2, 0.25) is 0 Å². The summed E-state index contributed by atoms with van der Waals surface area (Å²) in [5, 5.41) is 0. The van der Waals surface area contributed by atoms with Gasteiger partial charge in [-0.25, -0.2) is 9.97 Å². The zero-order chi connectivity index (χ0) is 20.6. The Morgan fingerprint density at radius 2 is 2.00 bits per heavy atom. The quantitative estimate of drug-likeness (QED) is 0.485. The zero-order valence-corrected chi connectivity index (χ0v) is 17.2. The maximum atomic E-state index is 5.58. The fourth-order valence-corrected chi connectivity index (χ4v) is 5.60. The summed E-state index contributed by atoms with van der Waals surface area (Å²) >= 11 is 0. The van der Waals surface area contributed by atoms with E-state index in [2.05, 4.69) is 44.6 Å². The third-order valence-corrected chi connectivity index (χ3v) is 7.26. The van der Waals surface area contributed by atoms with Crippen LogP contribution in [0.5, 0.6) is 0 Å². The molecule has 3 aromatic heterocycles. The third kappa shape index (κ3) is 2.33. The number of hydrogen-bond acceptors (Lipinski definition) is 5. The molecule has 0 unspecified atom stereocenters. The van der Waals surface area contributed by atoms with Gasteiger partial charge in [0.05, 0.1) is 35.0 Å². The summed E-state index contributed by atoms with van der Waals surface area (Å²) in [4.78, 5) is 18.6. The number of hydrogen-bond donors (Lipinski definition) is 0. The van der Waals surface area contributed by atoms with E-state index in [1.807, 2.05) is 30.7 Å². The molecule has 1 aromatic carbocycles. The molecule has 3 aliphatic carbocycles. The normalized spacial score (nSPS) is 25.5. The first-order valence-electron chi connectivity index (χ1n) is 10.8. The highest BCUT2D eigenvalue weighted by atomic mass is 16.3. The third-order valence-electron chi connectivity index (χ3n) is 7.26. The number of fused-ring (bicyclic) bond motifs is 3. The Morgan fingerprint density at radius 1 is 1.10 bits per heavy atom. The van der Waals surface area contributed by atoms with E-state index in [4.69, 9.17) is 9.41 Å². The topological polar surface area (TPSA) is 69.1 Å². The highest BCUT2D eigenvalue weighted by molar-refractivity contribution is 6.14. The van der Waals surface area contributed by atoms with Gasteiger partial charge in [-0.3, -0.25) is 14.5 Å². The van der Waals surface area contributed by atoms with E-state index >= 15 is 0 Å². The zero-order valence-electron chi connectivity index (χ0n) is 17.2. The van der Waals surface area contributed by atoms with E-state index in [9.17, 15) is 0 Å². The van der Waals surface area contributed by atoms with E-state index in [1.165, 1.54) is 31.2 Å². The van der Waals surface area contributed by atoms with Gasteiger partial charge in [0.15, 0.2) is 12.2 Å². The summed E-state index contributed by atoms with van der Waals surface area (Å²) in [6.45, 7) is 2.10. The fraction of sp³-hybridized carbons (Fsp3) is 0.280. The van der Waals surface area contributed by atoms with Crippen LogP contribution in [0, 0.1) is 5.92 Å². The molecule has 4 aromatic rings. The van der Waals surface area contributed by atoms with Gasteiger partial charge >= 0.3 is 0 Å². The molecule has 6 nitrogen and oxygen atoms in total. The maximum absolute atomic E-state index is 5.58. The van der Waals surface area contributed by atoms with Crippen LogP contribution in [-0.4, -0.2) is 25.2 Å². The van der Waals surface area contributed by atoms with E-state index in [1.54, 1.807) is 6.20 Å². The Hall–Kier alpha value is -3.54. The largest absolute Gasteiger partial charge is 0.442 e. The van der Waals surface area contributed by atoms with Gasteiger partial charge in [0.1, 0.15) is 12.0 Å². The molecule has 3 fully saturated rings. The van der Waals surface area contributed by atoms with E-state index < -0.39 is 0 Å². The van der Waals surface area contributed by atoms with Crippen molar-refractivity contribution in [3.8, 4) is 17.1 Å². The first kappa shape index (κ1) is 17.2. The lowest BCUT2D eigenvalue weighted by molar-refractivity contribution is -0.0274. The van der Waals surface area contributed by atoms with Gasteiger partial charge < -0.3 is 4.42 Å². The van der Waals surface area contributed by atoms with Crippen LogP contribution in [0.25, 0.3) is 17.1 Å². The molecule has 3 saturated carbocycles. The van der Waals surface area contributed by atoms with Crippen molar-refractivity contribution in [3.05, 3.63) is 84.0 Å². The molecular weight excluding hydrogens is 386 g/mol. The minimum absolute atomic E-state index is 0.120. The van der Waals surface area contributed by atoms with Crippen LogP contribution in [0.3, 0.4) is 0 Å². The summed E-state index contributed by atoms with van der Waals surface area (Å²) in [6, 6.07) is 12.8. The lowest BCUT2D eigenvalue weighted by Crippen LogP contribution is -2.55. The summed E-state index contributed by atoms with van der Waals surface area (Å²) in [5.74, 6) is 1.59. The minimum Gasteiger partial charge on any atom is -0.442 e. The van der Waals surface area contributed by atoms with Crippen molar-refractivity contribution in [1.29, 1.82) is 0 Å². The predicted molar refractivity (Wildman–Crippen MR) is 116 cm³/mol. The lowest BCUT2D eigenvalue weighted by Gasteiger charge is -2.62. The van der Waals surface area contributed by atoms with Crippen molar-refractivity contribution in [2.24, 2.45) is 10.9 Å². The highest BCUT2D eigenvalue weighted by Crippen LogP contribution is 2.65. The Bertz CT molecular complexity index is 1320. The summed E-state index contributed by atoms with van der Waals surface area (Å²) in [6.07, 6.45) is 10.8. The first-order valence-corrected chi connectivity index (χ1v) is 10.8. The van der Waals surface area contributed by atoms with Crippen LogP contribution in [0.4, 0.5) is 0 Å². The number of imidazole rings is 1. The smallest absolute Gasteiger partial charge is 0.181 e. The van der Waals surface area contributed by atoms with Crippen LogP contribution in [0.15, 0.2) is 70.9 Å². The molecule has 0 saturated heterocycles. The van der Waals surface area contributed by atoms with Crippen LogP contribution in [0.2, 0.25) is 0 Å². The molecule has 2 bridgehead atoms. The molecule has 8 rings (SSSR count). The molecule has 31 heavy (non-hydrogen) atoms. The van der Waals surface area contributed by atoms with Crippen LogP contribution in [0.1, 0.15) is 54.7 Å². The van der Waals surface area contributed by atoms with Crippen molar-refractivity contribution in [3.63, 3.8) is 0 Å². The molecule has 1 aliphatic heterocycles. The average Bonchev–Trinajstić information content (AvgIpc) is 3.38. The highest BCUT2D eigenvalue weighted by Gasteiger charge is 2.57. The van der Waals surface area contributed by atoms with Crippen LogP contribution >= 0.6 is 0 Å². The number of pyridine rings is 1. The second-order valence-electron chi connectivity index (χ2n) is 9.07. The van der Waals surface area contributed by atoms with Crippen LogP contribution in [-0.2, 0) is 5.41 Å². The number of benzene rings is 1. The summed E-state index contributed by atoms with van der Waals surface area (Å²) < 4.78 is 7.73. The van der Waals surface area contributed by atoms with Crippen molar-refractivity contribution in [2.75, 3.05) is 0 Å². The number of nitrogens with zero attached hydrogens (tertiary/aromatic N) is 5. The number of aromatic nitrogens is 4. The number of aliphatic imine (C=N–C) groups is 1. The maximum Gasteiger partial charge on any atom is 0.181 e. The molecule has 0 amide bonds. The summed E-state index contributed by atoms with van der Waals surface area (Å²) in [5.41, 5.74) is 7.63. The fourth-order valence-electron chi connectivity index (χ4n) is 5.60. The molecule has 1 atom stereocenters. The van der Waals surface area contributed by atoms with Crippen molar-refractivity contribution in [1.82, 2.24) is 19.5 Å². The Morgan fingerprint density at radius 3 is 2.71 bits per heavy atom. The van der Waals surface area contributed by atoms with Crippen molar-refractivity contribution < 1.29 is 4.42 Å². The second kappa shape index (κ2) is 6.00. The molecule has 4 heterocycles. The second-order valence-corrected chi connectivity index (χ2v) is 9.07. The minimum atomic E-state index is -0.120. The van der Waals surface area contributed by atoms with Gasteiger partial charge in [-0.1, -0.05) is 12.1 Å². The first-order chi connectivity index (χ1) is 15.2. The van der Waals surface area contributed by atoms with Crippen LogP contribution < -0.4 is 0 Å². The lowest BCUT2D eigenvalue weighted by atomic mass is 9.42. The average molecular weight is 407 g/mol. The van der Waals surface area contributed by atoms with Gasteiger partial charge in [-0.15, -0.1) is 0 Å². The Kier molecular flexibility index (Phi) is 3.32. The number of rotatable bonds is 3. The van der Waals surface area contributed by atoms with E-state index in [0.717, 1.165) is 40.0 Å². The number of oxazole rings is 1. The van der Waals surface area contributed by atoms with Gasteiger partial charge in [0, 0.05) is 11.8 Å². The monoisotopic (exact) mass is 407 g/mol. The molecular formula is C25H21N5O. The molecule has 0 radical (unpaired) electrons. The molecule has 6 heteroatoms. The van der Waals surface area contributed by atoms with E-state index in [0.29, 0.717) is 11.2 Å². The van der Waals surface area contributed by atoms with Gasteiger partial charge in [-0.05, 0) is 67.3 Å². The molecule has 0 spiro atoms.